The van der Waals surface area contributed by atoms with Gasteiger partial charge in [0.1, 0.15) is 23.3 Å². The minimum Gasteiger partial charge on any atom is -0.383 e. The number of nitrogens with zero attached hydrogens (tertiary/aromatic N) is 2. The van der Waals surface area contributed by atoms with Gasteiger partial charge >= 0.3 is 0 Å². The van der Waals surface area contributed by atoms with Gasteiger partial charge in [0.2, 0.25) is 0 Å². The molecule has 0 spiro atoms. The molecule has 0 radical (unpaired) electrons. The number of hydrogen-bond donors (Lipinski definition) is 1. The molecule has 2 N–H and O–H groups in total. The standard InChI is InChI=1S/C19H13ClFN3/c1-11-17(12-4-8-15(21)9-5-12)16(10-22)19(23)24-18(11)13-2-6-14(20)7-3-13/h2-9H,1H3,(H2,23,24). The monoisotopic (exact) mass is 337 g/mol. The van der Waals surface area contributed by atoms with Crippen LogP contribution in [0.5, 0.6) is 0 Å². The molecule has 2 aromatic carbocycles. The third kappa shape index (κ3) is 2.82. The lowest BCUT2D eigenvalue weighted by molar-refractivity contribution is 0.628. The summed E-state index contributed by atoms with van der Waals surface area (Å²) in [7, 11) is 0. The maximum Gasteiger partial charge on any atom is 0.142 e. The van der Waals surface area contributed by atoms with E-state index in [1.165, 1.54) is 12.1 Å². The second-order valence-corrected chi connectivity index (χ2v) is 5.78. The summed E-state index contributed by atoms with van der Waals surface area (Å²) >= 11 is 5.94. The lowest BCUT2D eigenvalue weighted by Crippen LogP contribution is -2.03. The Kier molecular flexibility index (Phi) is 4.20. The molecule has 3 aromatic rings. The Labute approximate surface area is 144 Å². The van der Waals surface area contributed by atoms with Gasteiger partial charge in [-0.2, -0.15) is 5.26 Å². The Morgan fingerprint density at radius 2 is 1.62 bits per heavy atom. The number of nitrogens with two attached hydrogens (primary N) is 1. The predicted molar refractivity (Wildman–Crippen MR) is 93.9 cm³/mol. The van der Waals surface area contributed by atoms with E-state index in [1.807, 2.05) is 19.1 Å². The van der Waals surface area contributed by atoms with Crippen molar-refractivity contribution in [3.05, 3.63) is 70.5 Å². The highest BCUT2D eigenvalue weighted by Crippen LogP contribution is 2.36. The van der Waals surface area contributed by atoms with Gasteiger partial charge in [-0.05, 0) is 42.3 Å². The molecular formula is C19H13ClFN3. The van der Waals surface area contributed by atoms with E-state index >= 15 is 0 Å². The van der Waals surface area contributed by atoms with E-state index in [2.05, 4.69) is 11.1 Å². The first kappa shape index (κ1) is 16.0. The summed E-state index contributed by atoms with van der Waals surface area (Å²) in [5, 5.41) is 10.1. The molecule has 0 fully saturated rings. The quantitative estimate of drug-likeness (QED) is 0.718. The highest BCUT2D eigenvalue weighted by Gasteiger charge is 2.18. The van der Waals surface area contributed by atoms with Crippen LogP contribution in [0.1, 0.15) is 11.1 Å². The van der Waals surface area contributed by atoms with Crippen LogP contribution in [0.15, 0.2) is 48.5 Å². The average Bonchev–Trinajstić information content (AvgIpc) is 2.58. The lowest BCUT2D eigenvalue weighted by Gasteiger charge is -2.15. The summed E-state index contributed by atoms with van der Waals surface area (Å²) in [5.74, 6) is -0.192. The number of halogens is 2. The zero-order valence-electron chi connectivity index (χ0n) is 12.8. The molecule has 0 unspecified atom stereocenters. The van der Waals surface area contributed by atoms with Gasteiger partial charge in [0, 0.05) is 16.1 Å². The minimum absolute atomic E-state index is 0.146. The first-order valence-electron chi connectivity index (χ1n) is 7.23. The molecule has 0 aliphatic rings. The fourth-order valence-electron chi connectivity index (χ4n) is 2.67. The van der Waals surface area contributed by atoms with Crippen LogP contribution in [0.4, 0.5) is 10.2 Å². The maximum absolute atomic E-state index is 13.2. The van der Waals surface area contributed by atoms with Crippen LogP contribution in [0.3, 0.4) is 0 Å². The number of hydrogen-bond acceptors (Lipinski definition) is 3. The molecule has 1 heterocycles. The third-order valence-corrected chi connectivity index (χ3v) is 4.08. The van der Waals surface area contributed by atoms with Crippen LogP contribution in [-0.4, -0.2) is 4.98 Å². The molecule has 0 aliphatic carbocycles. The summed E-state index contributed by atoms with van der Waals surface area (Å²) in [4.78, 5) is 4.39. The smallest absolute Gasteiger partial charge is 0.142 e. The Bertz CT molecular complexity index is 942. The van der Waals surface area contributed by atoms with Gasteiger partial charge in [0.15, 0.2) is 0 Å². The van der Waals surface area contributed by atoms with Gasteiger partial charge in [-0.15, -0.1) is 0 Å². The molecule has 0 atom stereocenters. The van der Waals surface area contributed by atoms with Gasteiger partial charge in [0.25, 0.3) is 0 Å². The number of aromatic nitrogens is 1. The van der Waals surface area contributed by atoms with E-state index in [9.17, 15) is 9.65 Å². The van der Waals surface area contributed by atoms with E-state index in [-0.39, 0.29) is 17.2 Å². The normalized spacial score (nSPS) is 10.4. The first-order chi connectivity index (χ1) is 11.5. The first-order valence-corrected chi connectivity index (χ1v) is 7.61. The van der Waals surface area contributed by atoms with Crippen molar-refractivity contribution in [2.75, 3.05) is 5.73 Å². The average molecular weight is 338 g/mol. The molecule has 0 amide bonds. The molecule has 0 bridgehead atoms. The topological polar surface area (TPSA) is 62.7 Å². The largest absolute Gasteiger partial charge is 0.383 e. The number of anilines is 1. The predicted octanol–water partition coefficient (Wildman–Crippen LogP) is 4.97. The van der Waals surface area contributed by atoms with Crippen LogP contribution >= 0.6 is 11.6 Å². The third-order valence-electron chi connectivity index (χ3n) is 3.83. The number of benzene rings is 2. The Hall–Kier alpha value is -2.90. The van der Waals surface area contributed by atoms with E-state index in [1.54, 1.807) is 24.3 Å². The fourth-order valence-corrected chi connectivity index (χ4v) is 2.80. The molecular weight excluding hydrogens is 325 g/mol. The number of rotatable bonds is 2. The van der Waals surface area contributed by atoms with Crippen LogP contribution < -0.4 is 5.73 Å². The summed E-state index contributed by atoms with van der Waals surface area (Å²) in [6.45, 7) is 1.87. The van der Waals surface area contributed by atoms with Gasteiger partial charge in [0.05, 0.1) is 5.69 Å². The van der Waals surface area contributed by atoms with Gasteiger partial charge < -0.3 is 5.73 Å². The van der Waals surface area contributed by atoms with Gasteiger partial charge in [-0.1, -0.05) is 35.9 Å². The van der Waals surface area contributed by atoms with E-state index in [4.69, 9.17) is 17.3 Å². The summed E-state index contributed by atoms with van der Waals surface area (Å²) in [5.41, 5.74) is 9.98. The highest BCUT2D eigenvalue weighted by atomic mass is 35.5. The van der Waals surface area contributed by atoms with E-state index < -0.39 is 0 Å². The summed E-state index contributed by atoms with van der Waals surface area (Å²) in [6, 6.07) is 15.3. The van der Waals surface area contributed by atoms with Gasteiger partial charge in [-0.25, -0.2) is 9.37 Å². The van der Waals surface area contributed by atoms with Crippen molar-refractivity contribution < 1.29 is 4.39 Å². The molecule has 118 valence electrons. The number of nitriles is 1. The Balaban J connectivity index is 2.29. The molecule has 0 saturated carbocycles. The Morgan fingerprint density at radius 3 is 2.21 bits per heavy atom. The molecule has 5 heteroatoms. The van der Waals surface area contributed by atoms with E-state index in [0.29, 0.717) is 16.3 Å². The molecule has 0 saturated heterocycles. The van der Waals surface area contributed by atoms with E-state index in [0.717, 1.165) is 16.7 Å². The van der Waals surface area contributed by atoms with Crippen LogP contribution in [-0.2, 0) is 0 Å². The van der Waals surface area contributed by atoms with Crippen molar-refractivity contribution in [1.82, 2.24) is 4.98 Å². The molecule has 3 nitrogen and oxygen atoms in total. The molecule has 0 aliphatic heterocycles. The highest BCUT2D eigenvalue weighted by molar-refractivity contribution is 6.30. The van der Waals surface area contributed by atoms with Gasteiger partial charge in [-0.3, -0.25) is 0 Å². The summed E-state index contributed by atoms with van der Waals surface area (Å²) in [6.07, 6.45) is 0. The van der Waals surface area contributed by atoms with Crippen LogP contribution in [0, 0.1) is 24.1 Å². The molecule has 3 rings (SSSR count). The molecule has 1 aromatic heterocycles. The molecule has 24 heavy (non-hydrogen) atoms. The maximum atomic E-state index is 13.2. The second-order valence-electron chi connectivity index (χ2n) is 5.35. The zero-order chi connectivity index (χ0) is 17.3. The van der Waals surface area contributed by atoms with Crippen LogP contribution in [0.25, 0.3) is 22.4 Å². The van der Waals surface area contributed by atoms with Crippen molar-refractivity contribution >= 4 is 17.4 Å². The minimum atomic E-state index is -0.338. The SMILES string of the molecule is Cc1c(-c2ccc(Cl)cc2)nc(N)c(C#N)c1-c1ccc(F)cc1. The van der Waals surface area contributed by atoms with Crippen molar-refractivity contribution in [2.45, 2.75) is 6.92 Å². The second kappa shape index (κ2) is 6.31. The van der Waals surface area contributed by atoms with Crippen molar-refractivity contribution in [3.8, 4) is 28.5 Å². The van der Waals surface area contributed by atoms with Crippen molar-refractivity contribution in [3.63, 3.8) is 0 Å². The summed E-state index contributed by atoms with van der Waals surface area (Å²) < 4.78 is 13.2. The van der Waals surface area contributed by atoms with Crippen molar-refractivity contribution in [2.24, 2.45) is 0 Å². The van der Waals surface area contributed by atoms with Crippen LogP contribution in [0.2, 0.25) is 5.02 Å². The Morgan fingerprint density at radius 1 is 1.04 bits per heavy atom. The fraction of sp³-hybridized carbons (Fsp3) is 0.0526. The van der Waals surface area contributed by atoms with Crippen molar-refractivity contribution in [1.29, 1.82) is 5.26 Å². The lowest BCUT2D eigenvalue weighted by atomic mass is 9.93. The zero-order valence-corrected chi connectivity index (χ0v) is 13.6. The number of nitrogen functional groups attached to an aromatic ring is 1. The number of pyridine rings is 1.